The molecule has 2 fully saturated rings. The highest BCUT2D eigenvalue weighted by atomic mass is 16.6. The van der Waals surface area contributed by atoms with Crippen LogP contribution >= 0.6 is 0 Å². The number of hydrogen-bond acceptors (Lipinski definition) is 5. The van der Waals surface area contributed by atoms with Crippen molar-refractivity contribution in [1.82, 2.24) is 0 Å². The minimum Gasteiger partial charge on any atom is -0.462 e. The maximum atomic E-state index is 12.4. The summed E-state index contributed by atoms with van der Waals surface area (Å²) in [6, 6.07) is 8.90. The van der Waals surface area contributed by atoms with E-state index in [4.69, 9.17) is 9.47 Å². The molecule has 1 saturated carbocycles. The molecule has 5 heteroatoms. The average molecular weight is 372 g/mol. The molecule has 0 N–H and O–H groups in total. The zero-order chi connectivity index (χ0) is 19.2. The van der Waals surface area contributed by atoms with Gasteiger partial charge in [-0.1, -0.05) is 38.0 Å². The average Bonchev–Trinajstić information content (AvgIpc) is 3.16. The lowest BCUT2D eigenvalue weighted by molar-refractivity contribution is -0.141. The van der Waals surface area contributed by atoms with E-state index in [1.165, 1.54) is 0 Å². The van der Waals surface area contributed by atoms with Crippen LogP contribution in [0.2, 0.25) is 0 Å². The lowest BCUT2D eigenvalue weighted by atomic mass is 9.87. The molecule has 1 saturated heterocycles. The Kier molecular flexibility index (Phi) is 6.64. The standard InChI is InChI=1S/C22H28O5/c1-2-3-5-10-16(23)11-12-17-18-13-21(24)26-20(18)14-19(17)27-22(25)15-8-6-4-7-9-15/h4,6-9,17-20H,2-3,5,10-14H2,1H3/t17-,18?,19?,20?/m1/s1. The number of unbranched alkanes of at least 4 members (excludes halogenated alkanes) is 2. The number of rotatable bonds is 9. The van der Waals surface area contributed by atoms with E-state index >= 15 is 0 Å². The zero-order valence-electron chi connectivity index (χ0n) is 15.9. The Labute approximate surface area is 160 Å². The molecule has 1 aromatic rings. The fourth-order valence-electron chi connectivity index (χ4n) is 4.30. The lowest BCUT2D eigenvalue weighted by Gasteiger charge is -2.23. The van der Waals surface area contributed by atoms with Gasteiger partial charge in [0.25, 0.3) is 0 Å². The first-order valence-electron chi connectivity index (χ1n) is 10.1. The van der Waals surface area contributed by atoms with Gasteiger partial charge in [-0.3, -0.25) is 9.59 Å². The van der Waals surface area contributed by atoms with Gasteiger partial charge in [0.1, 0.15) is 18.0 Å². The number of ether oxygens (including phenoxy) is 2. The topological polar surface area (TPSA) is 69.7 Å². The second-order valence-electron chi connectivity index (χ2n) is 7.64. The third-order valence-electron chi connectivity index (χ3n) is 5.74. The Morgan fingerprint density at radius 2 is 1.93 bits per heavy atom. The quantitative estimate of drug-likeness (QED) is 0.482. The molecular weight excluding hydrogens is 344 g/mol. The van der Waals surface area contributed by atoms with Crippen molar-refractivity contribution < 1.29 is 23.9 Å². The van der Waals surface area contributed by atoms with Gasteiger partial charge in [0, 0.05) is 31.1 Å². The molecule has 3 unspecified atom stereocenters. The molecule has 5 nitrogen and oxygen atoms in total. The van der Waals surface area contributed by atoms with Crippen LogP contribution in [0.15, 0.2) is 30.3 Å². The predicted octanol–water partition coefficient (Wildman–Crippen LogP) is 4.09. The van der Waals surface area contributed by atoms with E-state index < -0.39 is 0 Å². The number of Topliss-reactive ketones (excluding diaryl/α,β-unsaturated/α-hetero) is 1. The highest BCUT2D eigenvalue weighted by Gasteiger charge is 2.51. The van der Waals surface area contributed by atoms with Crippen LogP contribution in [0.25, 0.3) is 0 Å². The fourth-order valence-corrected chi connectivity index (χ4v) is 4.30. The van der Waals surface area contributed by atoms with E-state index in [0.29, 0.717) is 37.7 Å². The third-order valence-corrected chi connectivity index (χ3v) is 5.74. The fraction of sp³-hybridized carbons (Fsp3) is 0.591. The van der Waals surface area contributed by atoms with E-state index in [2.05, 4.69) is 6.92 Å². The minimum absolute atomic E-state index is 0.00392. The maximum Gasteiger partial charge on any atom is 0.338 e. The van der Waals surface area contributed by atoms with Crippen molar-refractivity contribution >= 4 is 17.7 Å². The van der Waals surface area contributed by atoms with Crippen LogP contribution in [0.5, 0.6) is 0 Å². The summed E-state index contributed by atoms with van der Waals surface area (Å²) in [5, 5.41) is 0. The normalized spacial score (nSPS) is 26.5. The Morgan fingerprint density at radius 3 is 2.67 bits per heavy atom. The van der Waals surface area contributed by atoms with Crippen molar-refractivity contribution in [1.29, 1.82) is 0 Å². The molecule has 27 heavy (non-hydrogen) atoms. The number of carbonyl (C=O) groups is 3. The van der Waals surface area contributed by atoms with E-state index in [9.17, 15) is 14.4 Å². The van der Waals surface area contributed by atoms with Crippen molar-refractivity contribution in [2.45, 2.75) is 70.5 Å². The number of benzene rings is 1. The molecule has 0 aromatic heterocycles. The summed E-state index contributed by atoms with van der Waals surface area (Å²) in [6.45, 7) is 2.12. The molecule has 4 atom stereocenters. The molecule has 1 heterocycles. The summed E-state index contributed by atoms with van der Waals surface area (Å²) in [6.07, 6.45) is 5.23. The van der Waals surface area contributed by atoms with Gasteiger partial charge in [-0.15, -0.1) is 0 Å². The van der Waals surface area contributed by atoms with Gasteiger partial charge in [0.2, 0.25) is 0 Å². The van der Waals surface area contributed by atoms with Gasteiger partial charge in [0.05, 0.1) is 12.0 Å². The molecule has 146 valence electrons. The predicted molar refractivity (Wildman–Crippen MR) is 100 cm³/mol. The van der Waals surface area contributed by atoms with Gasteiger partial charge >= 0.3 is 11.9 Å². The molecule has 3 rings (SSSR count). The highest BCUT2D eigenvalue weighted by Crippen LogP contribution is 2.45. The molecule has 0 spiro atoms. The number of ketones is 1. The van der Waals surface area contributed by atoms with Gasteiger partial charge in [-0.05, 0) is 25.0 Å². The van der Waals surface area contributed by atoms with E-state index in [1.807, 2.05) is 6.07 Å². The molecule has 1 aliphatic heterocycles. The van der Waals surface area contributed by atoms with Gasteiger partial charge in [0.15, 0.2) is 0 Å². The molecule has 2 aliphatic rings. The highest BCUT2D eigenvalue weighted by molar-refractivity contribution is 5.89. The zero-order valence-corrected chi connectivity index (χ0v) is 15.9. The number of fused-ring (bicyclic) bond motifs is 1. The summed E-state index contributed by atoms with van der Waals surface area (Å²) >= 11 is 0. The van der Waals surface area contributed by atoms with E-state index in [1.54, 1.807) is 24.3 Å². The third kappa shape index (κ3) is 4.96. The molecule has 1 aliphatic carbocycles. The first kappa shape index (κ1) is 19.6. The molecular formula is C22H28O5. The molecule has 0 bridgehead atoms. The van der Waals surface area contributed by atoms with Gasteiger partial charge < -0.3 is 9.47 Å². The monoisotopic (exact) mass is 372 g/mol. The van der Waals surface area contributed by atoms with Crippen molar-refractivity contribution in [3.05, 3.63) is 35.9 Å². The Hall–Kier alpha value is -2.17. The number of hydrogen-bond donors (Lipinski definition) is 0. The summed E-state index contributed by atoms with van der Waals surface area (Å²) in [5.41, 5.74) is 0.515. The summed E-state index contributed by atoms with van der Waals surface area (Å²) in [4.78, 5) is 36.3. The van der Waals surface area contributed by atoms with Crippen molar-refractivity contribution in [2.24, 2.45) is 11.8 Å². The van der Waals surface area contributed by atoms with E-state index in [-0.39, 0.29) is 41.8 Å². The molecule has 0 radical (unpaired) electrons. The lowest BCUT2D eigenvalue weighted by Crippen LogP contribution is -2.26. The van der Waals surface area contributed by atoms with Crippen LogP contribution in [0.4, 0.5) is 0 Å². The smallest absolute Gasteiger partial charge is 0.338 e. The maximum absolute atomic E-state index is 12.4. The summed E-state index contributed by atoms with van der Waals surface area (Å²) < 4.78 is 11.2. The molecule has 0 amide bonds. The van der Waals surface area contributed by atoms with E-state index in [0.717, 1.165) is 19.3 Å². The van der Waals surface area contributed by atoms with Crippen LogP contribution in [0.1, 0.15) is 68.6 Å². The Balaban J connectivity index is 1.60. The SMILES string of the molecule is CCCCCC(=O)CC[C@H]1C(OC(=O)c2ccccc2)CC2OC(=O)CC21. The van der Waals surface area contributed by atoms with Crippen LogP contribution in [0, 0.1) is 11.8 Å². The van der Waals surface area contributed by atoms with Crippen molar-refractivity contribution in [3.63, 3.8) is 0 Å². The Bertz CT molecular complexity index is 669. The number of esters is 2. The minimum atomic E-state index is -0.355. The van der Waals surface area contributed by atoms with Crippen molar-refractivity contribution in [2.75, 3.05) is 0 Å². The van der Waals surface area contributed by atoms with Crippen LogP contribution in [0.3, 0.4) is 0 Å². The number of carbonyl (C=O) groups excluding carboxylic acids is 3. The van der Waals surface area contributed by atoms with Gasteiger partial charge in [-0.2, -0.15) is 0 Å². The largest absolute Gasteiger partial charge is 0.462 e. The van der Waals surface area contributed by atoms with Crippen LogP contribution < -0.4 is 0 Å². The van der Waals surface area contributed by atoms with Crippen LogP contribution in [-0.2, 0) is 19.1 Å². The summed E-state index contributed by atoms with van der Waals surface area (Å²) in [5.74, 6) is -0.229. The van der Waals surface area contributed by atoms with Crippen LogP contribution in [-0.4, -0.2) is 29.9 Å². The second-order valence-corrected chi connectivity index (χ2v) is 7.64. The van der Waals surface area contributed by atoms with Crippen molar-refractivity contribution in [3.8, 4) is 0 Å². The first-order valence-corrected chi connectivity index (χ1v) is 10.1. The molecule has 1 aromatic carbocycles. The Morgan fingerprint density at radius 1 is 1.15 bits per heavy atom. The van der Waals surface area contributed by atoms with Gasteiger partial charge in [-0.25, -0.2) is 4.79 Å². The summed E-state index contributed by atoms with van der Waals surface area (Å²) in [7, 11) is 0. The first-order chi connectivity index (χ1) is 13.1. The second kappa shape index (κ2) is 9.16.